The number of hydrogen-bond donors (Lipinski definition) is 1. The van der Waals surface area contributed by atoms with E-state index in [4.69, 9.17) is 4.74 Å². The van der Waals surface area contributed by atoms with Gasteiger partial charge in [0.05, 0.1) is 6.61 Å². The van der Waals surface area contributed by atoms with Crippen LogP contribution in [0.5, 0.6) is 5.75 Å². The Kier molecular flexibility index (Phi) is 5.69. The Bertz CT molecular complexity index is 974. The van der Waals surface area contributed by atoms with Gasteiger partial charge in [-0.25, -0.2) is 4.68 Å². The molecule has 0 saturated heterocycles. The number of tetrazole rings is 1. The Morgan fingerprint density at radius 1 is 1.21 bits per heavy atom. The van der Waals surface area contributed by atoms with E-state index >= 15 is 0 Å². The number of hydrogen-bond acceptors (Lipinski definition) is 5. The van der Waals surface area contributed by atoms with Gasteiger partial charge in [0.25, 0.3) is 0 Å². The summed E-state index contributed by atoms with van der Waals surface area (Å²) in [5, 5.41) is 13.3. The lowest BCUT2D eigenvalue weighted by Gasteiger charge is -2.21. The topological polar surface area (TPSA) is 85.7 Å². The molecule has 0 bridgehead atoms. The summed E-state index contributed by atoms with van der Waals surface area (Å²) in [6.07, 6.45) is 7.37. The molecule has 1 saturated carbocycles. The van der Waals surface area contributed by atoms with Crippen LogP contribution >= 0.6 is 0 Å². The molecule has 2 aromatic heterocycles. The van der Waals surface area contributed by atoms with Gasteiger partial charge < -0.3 is 9.72 Å². The van der Waals surface area contributed by atoms with Crippen molar-refractivity contribution >= 4 is 10.9 Å². The molecule has 0 aliphatic heterocycles. The molecule has 28 heavy (non-hydrogen) atoms. The van der Waals surface area contributed by atoms with Crippen LogP contribution in [0.4, 0.5) is 0 Å². The number of aromatic nitrogens is 5. The van der Waals surface area contributed by atoms with Crippen LogP contribution in [0.2, 0.25) is 0 Å². The first-order valence-electron chi connectivity index (χ1n) is 10.2. The highest BCUT2D eigenvalue weighted by Gasteiger charge is 2.18. The summed E-state index contributed by atoms with van der Waals surface area (Å²) in [5.41, 5.74) is 0.718. The zero-order valence-electron chi connectivity index (χ0n) is 16.3. The molecule has 1 N–H and O–H groups in total. The van der Waals surface area contributed by atoms with Gasteiger partial charge in [-0.05, 0) is 59.4 Å². The van der Waals surface area contributed by atoms with Crippen LogP contribution in [0.15, 0.2) is 35.1 Å². The van der Waals surface area contributed by atoms with Gasteiger partial charge in [0.15, 0.2) is 5.82 Å². The van der Waals surface area contributed by atoms with Crippen LogP contribution < -0.4 is 10.3 Å². The average Bonchev–Trinajstić information content (AvgIpc) is 3.13. The third-order valence-electron chi connectivity index (χ3n) is 5.52. The molecule has 0 spiro atoms. The second kappa shape index (κ2) is 8.54. The zero-order valence-corrected chi connectivity index (χ0v) is 16.3. The number of pyridine rings is 1. The van der Waals surface area contributed by atoms with Crippen molar-refractivity contribution in [2.24, 2.45) is 11.8 Å². The number of benzene rings is 1. The minimum Gasteiger partial charge on any atom is -0.493 e. The lowest BCUT2D eigenvalue weighted by atomic mass is 9.89. The van der Waals surface area contributed by atoms with Gasteiger partial charge in [-0.3, -0.25) is 4.79 Å². The Morgan fingerprint density at radius 2 is 2.07 bits per heavy atom. The minimum atomic E-state index is -0.0965. The molecular weight excluding hydrogens is 354 g/mol. The van der Waals surface area contributed by atoms with Crippen molar-refractivity contribution in [1.82, 2.24) is 25.2 Å². The Labute approximate surface area is 164 Å². The van der Waals surface area contributed by atoms with Crippen molar-refractivity contribution in [1.29, 1.82) is 0 Å². The van der Waals surface area contributed by atoms with Crippen molar-refractivity contribution in [3.63, 3.8) is 0 Å². The van der Waals surface area contributed by atoms with E-state index in [1.807, 2.05) is 28.9 Å². The fraction of sp³-hybridized carbons (Fsp3) is 0.524. The lowest BCUT2D eigenvalue weighted by molar-refractivity contribution is 0.253. The molecule has 0 radical (unpaired) electrons. The van der Waals surface area contributed by atoms with Crippen LogP contribution in [0.25, 0.3) is 10.9 Å². The first kappa shape index (κ1) is 18.7. The highest BCUT2D eigenvalue weighted by atomic mass is 16.5. The second-order valence-electron chi connectivity index (χ2n) is 7.97. The fourth-order valence-electron chi connectivity index (χ4n) is 3.96. The number of nitrogens with one attached hydrogen (secondary N) is 1. The molecule has 3 aromatic rings. The summed E-state index contributed by atoms with van der Waals surface area (Å²) in [6, 6.07) is 9.05. The molecule has 1 fully saturated rings. The SMILES string of the molecule is CC(COc1ccc2[nH]c(=O)ccc2c1)Cc1nnnn1CC1CCCCC1. The number of ether oxygens (including phenoxy) is 1. The molecule has 7 nitrogen and oxygen atoms in total. The highest BCUT2D eigenvalue weighted by Crippen LogP contribution is 2.25. The van der Waals surface area contributed by atoms with E-state index in [0.717, 1.165) is 35.4 Å². The van der Waals surface area contributed by atoms with E-state index in [-0.39, 0.29) is 5.56 Å². The fourth-order valence-corrected chi connectivity index (χ4v) is 3.96. The molecule has 1 aromatic carbocycles. The first-order valence-corrected chi connectivity index (χ1v) is 10.2. The molecular formula is C21H27N5O2. The molecule has 4 rings (SSSR count). The smallest absolute Gasteiger partial charge is 0.248 e. The summed E-state index contributed by atoms with van der Waals surface area (Å²) in [6.45, 7) is 3.67. The summed E-state index contributed by atoms with van der Waals surface area (Å²) in [4.78, 5) is 14.2. The van der Waals surface area contributed by atoms with Gasteiger partial charge in [-0.1, -0.05) is 26.2 Å². The molecule has 1 aliphatic carbocycles. The predicted octanol–water partition coefficient (Wildman–Crippen LogP) is 3.35. The third-order valence-corrected chi connectivity index (χ3v) is 5.52. The molecule has 7 heteroatoms. The van der Waals surface area contributed by atoms with Crippen LogP contribution in [0, 0.1) is 11.8 Å². The van der Waals surface area contributed by atoms with Crippen molar-refractivity contribution in [3.05, 3.63) is 46.5 Å². The lowest BCUT2D eigenvalue weighted by Crippen LogP contribution is -2.19. The van der Waals surface area contributed by atoms with Crippen LogP contribution in [0.3, 0.4) is 0 Å². The zero-order chi connectivity index (χ0) is 19.3. The predicted molar refractivity (Wildman–Crippen MR) is 107 cm³/mol. The monoisotopic (exact) mass is 381 g/mol. The molecule has 2 heterocycles. The summed E-state index contributed by atoms with van der Waals surface area (Å²) in [7, 11) is 0. The van der Waals surface area contributed by atoms with Gasteiger partial charge in [0.1, 0.15) is 5.75 Å². The van der Waals surface area contributed by atoms with Crippen LogP contribution in [-0.4, -0.2) is 31.8 Å². The summed E-state index contributed by atoms with van der Waals surface area (Å²) < 4.78 is 7.96. The number of nitrogens with zero attached hydrogens (tertiary/aromatic N) is 4. The highest BCUT2D eigenvalue weighted by molar-refractivity contribution is 5.79. The van der Waals surface area contributed by atoms with Gasteiger partial charge in [-0.2, -0.15) is 0 Å². The van der Waals surface area contributed by atoms with E-state index in [1.165, 1.54) is 38.2 Å². The number of aromatic amines is 1. The normalized spacial score (nSPS) is 16.3. The summed E-state index contributed by atoms with van der Waals surface area (Å²) in [5.74, 6) is 2.74. The number of H-pyrrole nitrogens is 1. The quantitative estimate of drug-likeness (QED) is 0.678. The molecule has 148 valence electrons. The standard InChI is InChI=1S/C21H27N5O2/c1-15(11-20-23-24-25-26(20)13-16-5-3-2-4-6-16)14-28-18-8-9-19-17(12-18)7-10-21(27)22-19/h7-10,12,15-16H,2-6,11,13-14H2,1H3,(H,22,27). The van der Waals surface area contributed by atoms with Crippen molar-refractivity contribution < 1.29 is 4.74 Å². The molecule has 1 unspecified atom stereocenters. The Hall–Kier alpha value is -2.70. The maximum atomic E-state index is 11.4. The van der Waals surface area contributed by atoms with E-state index in [2.05, 4.69) is 27.4 Å². The van der Waals surface area contributed by atoms with Crippen molar-refractivity contribution in [2.75, 3.05) is 6.61 Å². The number of rotatable bonds is 7. The van der Waals surface area contributed by atoms with Crippen molar-refractivity contribution in [2.45, 2.75) is 52.0 Å². The van der Waals surface area contributed by atoms with Gasteiger partial charge in [0.2, 0.25) is 5.56 Å². The minimum absolute atomic E-state index is 0.0965. The Balaban J connectivity index is 1.33. The second-order valence-corrected chi connectivity index (χ2v) is 7.97. The summed E-state index contributed by atoms with van der Waals surface area (Å²) >= 11 is 0. The molecule has 0 amide bonds. The van der Waals surface area contributed by atoms with E-state index in [0.29, 0.717) is 18.4 Å². The van der Waals surface area contributed by atoms with E-state index < -0.39 is 0 Å². The van der Waals surface area contributed by atoms with E-state index in [1.54, 1.807) is 0 Å². The number of fused-ring (bicyclic) bond motifs is 1. The van der Waals surface area contributed by atoms with E-state index in [9.17, 15) is 4.79 Å². The third kappa shape index (κ3) is 4.58. The van der Waals surface area contributed by atoms with Crippen LogP contribution in [-0.2, 0) is 13.0 Å². The first-order chi connectivity index (χ1) is 13.7. The van der Waals surface area contributed by atoms with Gasteiger partial charge >= 0.3 is 0 Å². The molecule has 1 atom stereocenters. The van der Waals surface area contributed by atoms with Crippen LogP contribution in [0.1, 0.15) is 44.9 Å². The van der Waals surface area contributed by atoms with Gasteiger partial charge in [-0.15, -0.1) is 5.10 Å². The Morgan fingerprint density at radius 3 is 2.93 bits per heavy atom. The van der Waals surface area contributed by atoms with Gasteiger partial charge in [0, 0.05) is 29.9 Å². The maximum Gasteiger partial charge on any atom is 0.248 e. The maximum absolute atomic E-state index is 11.4. The van der Waals surface area contributed by atoms with Crippen molar-refractivity contribution in [3.8, 4) is 5.75 Å². The average molecular weight is 381 g/mol. The largest absolute Gasteiger partial charge is 0.493 e. The molecule has 1 aliphatic rings.